The van der Waals surface area contributed by atoms with Gasteiger partial charge in [0.1, 0.15) is 11.8 Å². The summed E-state index contributed by atoms with van der Waals surface area (Å²) in [6.45, 7) is 1.04. The molecule has 0 aliphatic carbocycles. The molecule has 0 aromatic heterocycles. The number of phenolic OH excluding ortho intramolecular Hbond substituents is 1. The topological polar surface area (TPSA) is 116 Å². The largest absolute Gasteiger partial charge is 0.508 e. The smallest absolute Gasteiger partial charge is 0.379 e. The van der Waals surface area contributed by atoms with Gasteiger partial charge in [0, 0.05) is 6.07 Å². The zero-order chi connectivity index (χ0) is 15.5. The third-order valence-corrected chi connectivity index (χ3v) is 2.48. The fourth-order valence-corrected chi connectivity index (χ4v) is 1.51. The van der Waals surface area contributed by atoms with E-state index >= 15 is 0 Å². The van der Waals surface area contributed by atoms with E-state index in [1.807, 2.05) is 0 Å². The Bertz CT molecular complexity index is 541. The van der Waals surface area contributed by atoms with Crippen molar-refractivity contribution in [2.75, 3.05) is 6.61 Å². The number of nitrogens with two attached hydrogens (primary N) is 1. The maximum absolute atomic E-state index is 13.8. The summed E-state index contributed by atoms with van der Waals surface area (Å²) in [6.07, 6.45) is 0. The van der Waals surface area contributed by atoms with Crippen LogP contribution in [-0.2, 0) is 9.53 Å². The van der Waals surface area contributed by atoms with E-state index in [-0.39, 0.29) is 19.0 Å². The average Bonchev–Trinajstić information content (AvgIpc) is 2.37. The monoisotopic (exact) mass is 326 g/mol. The maximum atomic E-state index is 13.8. The zero-order valence-electron chi connectivity index (χ0n) is 10.8. The molecule has 0 heterocycles. The van der Waals surface area contributed by atoms with Gasteiger partial charge in [0.05, 0.1) is 17.1 Å². The second-order valence-electron chi connectivity index (χ2n) is 3.82. The van der Waals surface area contributed by atoms with E-state index < -0.39 is 39.9 Å². The summed E-state index contributed by atoms with van der Waals surface area (Å²) >= 11 is 0. The molecule has 1 aromatic rings. The van der Waals surface area contributed by atoms with Crippen molar-refractivity contribution < 1.29 is 28.3 Å². The van der Waals surface area contributed by atoms with Crippen molar-refractivity contribution in [2.24, 2.45) is 5.73 Å². The van der Waals surface area contributed by atoms with Crippen LogP contribution in [-0.4, -0.2) is 28.5 Å². The Labute approximate surface area is 124 Å². The number of hydrogen-bond donors (Lipinski definition) is 2. The molecule has 7 nitrogen and oxygen atoms in total. The Morgan fingerprint density at radius 3 is 2.62 bits per heavy atom. The standard InChI is InChI=1S/C11H12F2N2O5.ClH/c1-2-20-10(17)11(12,13)9(14)7-5-6(16)3-4-8(7)15(18)19;/h3-5,9,16H,2,14H2,1H3;1H/t9-;/m1./s1. The van der Waals surface area contributed by atoms with E-state index in [9.17, 15) is 28.8 Å². The van der Waals surface area contributed by atoms with Crippen LogP contribution < -0.4 is 5.73 Å². The number of benzene rings is 1. The summed E-state index contributed by atoms with van der Waals surface area (Å²) in [6, 6.07) is 0.188. The Morgan fingerprint density at radius 1 is 1.57 bits per heavy atom. The Morgan fingerprint density at radius 2 is 2.14 bits per heavy atom. The van der Waals surface area contributed by atoms with Crippen molar-refractivity contribution in [3.05, 3.63) is 33.9 Å². The van der Waals surface area contributed by atoms with E-state index in [0.29, 0.717) is 0 Å². The quantitative estimate of drug-likeness (QED) is 0.485. The Balaban J connectivity index is 0.00000400. The number of nitro groups is 1. The van der Waals surface area contributed by atoms with Crippen LogP contribution in [0.2, 0.25) is 0 Å². The highest BCUT2D eigenvalue weighted by atomic mass is 35.5. The first-order chi connectivity index (χ1) is 9.21. The molecule has 1 rings (SSSR count). The highest BCUT2D eigenvalue weighted by molar-refractivity contribution is 5.85. The minimum Gasteiger partial charge on any atom is -0.508 e. The van der Waals surface area contributed by atoms with Crippen LogP contribution >= 0.6 is 12.4 Å². The minimum atomic E-state index is -4.16. The Hall–Kier alpha value is -2.00. The molecule has 0 saturated carbocycles. The van der Waals surface area contributed by atoms with E-state index in [1.165, 1.54) is 6.92 Å². The number of hydrogen-bond acceptors (Lipinski definition) is 6. The first-order valence-electron chi connectivity index (χ1n) is 5.49. The molecule has 118 valence electrons. The molecule has 0 aliphatic heterocycles. The third-order valence-electron chi connectivity index (χ3n) is 2.48. The number of ether oxygens (including phenoxy) is 1. The van der Waals surface area contributed by atoms with Crippen LogP contribution in [0, 0.1) is 10.1 Å². The molecule has 3 N–H and O–H groups in total. The lowest BCUT2D eigenvalue weighted by Crippen LogP contribution is -2.42. The van der Waals surface area contributed by atoms with Gasteiger partial charge >= 0.3 is 11.9 Å². The van der Waals surface area contributed by atoms with E-state index in [1.54, 1.807) is 0 Å². The molecular formula is C11H13ClF2N2O5. The summed E-state index contributed by atoms with van der Waals surface area (Å²) in [5.41, 5.74) is 3.86. The highest BCUT2D eigenvalue weighted by Gasteiger charge is 2.49. The third kappa shape index (κ3) is 3.99. The molecule has 0 bridgehead atoms. The van der Waals surface area contributed by atoms with Crippen molar-refractivity contribution in [3.8, 4) is 5.75 Å². The van der Waals surface area contributed by atoms with Crippen molar-refractivity contribution in [3.63, 3.8) is 0 Å². The predicted molar refractivity (Wildman–Crippen MR) is 70.5 cm³/mol. The lowest BCUT2D eigenvalue weighted by atomic mass is 9.99. The van der Waals surface area contributed by atoms with Gasteiger partial charge in [0.2, 0.25) is 0 Å². The number of alkyl halides is 2. The van der Waals surface area contributed by atoms with Crippen LogP contribution in [0.4, 0.5) is 14.5 Å². The summed E-state index contributed by atoms with van der Waals surface area (Å²) in [7, 11) is 0. The number of halogens is 3. The number of phenols is 1. The summed E-state index contributed by atoms with van der Waals surface area (Å²) in [4.78, 5) is 21.0. The molecule has 1 atom stereocenters. The SMILES string of the molecule is CCOC(=O)C(F)(F)[C@H](N)c1cc(O)ccc1[N+](=O)[O-].Cl. The second-order valence-corrected chi connectivity index (χ2v) is 3.82. The van der Waals surface area contributed by atoms with Crippen LogP contribution in [0.15, 0.2) is 18.2 Å². The Kier molecular flexibility index (Phi) is 6.46. The molecular weight excluding hydrogens is 314 g/mol. The molecule has 0 saturated heterocycles. The minimum absolute atomic E-state index is 0. The van der Waals surface area contributed by atoms with Gasteiger partial charge in [0.15, 0.2) is 0 Å². The van der Waals surface area contributed by atoms with Crippen LogP contribution in [0.1, 0.15) is 18.5 Å². The van der Waals surface area contributed by atoms with Gasteiger partial charge < -0.3 is 15.6 Å². The van der Waals surface area contributed by atoms with Crippen LogP contribution in [0.25, 0.3) is 0 Å². The fraction of sp³-hybridized carbons (Fsp3) is 0.364. The molecule has 21 heavy (non-hydrogen) atoms. The molecule has 0 aliphatic rings. The van der Waals surface area contributed by atoms with Crippen molar-refractivity contribution in [1.82, 2.24) is 0 Å². The number of carbonyl (C=O) groups is 1. The van der Waals surface area contributed by atoms with Gasteiger partial charge in [-0.25, -0.2) is 4.79 Å². The van der Waals surface area contributed by atoms with Crippen molar-refractivity contribution in [2.45, 2.75) is 18.9 Å². The lowest BCUT2D eigenvalue weighted by Gasteiger charge is -2.21. The van der Waals surface area contributed by atoms with Gasteiger partial charge in [-0.2, -0.15) is 8.78 Å². The molecule has 0 fully saturated rings. The summed E-state index contributed by atoms with van der Waals surface area (Å²) in [5, 5.41) is 20.0. The number of aromatic hydroxyl groups is 1. The molecule has 0 spiro atoms. The van der Waals surface area contributed by atoms with Gasteiger partial charge in [-0.3, -0.25) is 10.1 Å². The predicted octanol–water partition coefficient (Wildman–Crippen LogP) is 1.92. The van der Waals surface area contributed by atoms with Gasteiger partial charge in [-0.05, 0) is 19.1 Å². The highest BCUT2D eigenvalue weighted by Crippen LogP contribution is 2.36. The lowest BCUT2D eigenvalue weighted by molar-refractivity contribution is -0.386. The van der Waals surface area contributed by atoms with E-state index in [2.05, 4.69) is 4.74 Å². The van der Waals surface area contributed by atoms with Gasteiger partial charge in [-0.1, -0.05) is 0 Å². The number of esters is 1. The molecule has 10 heteroatoms. The molecule has 1 aromatic carbocycles. The maximum Gasteiger partial charge on any atom is 0.379 e. The van der Waals surface area contributed by atoms with E-state index in [4.69, 9.17) is 5.73 Å². The first-order valence-corrected chi connectivity index (χ1v) is 5.49. The molecule has 0 unspecified atom stereocenters. The number of nitrogens with zero attached hydrogens (tertiary/aromatic N) is 1. The van der Waals surface area contributed by atoms with Gasteiger partial charge in [0.25, 0.3) is 5.69 Å². The van der Waals surface area contributed by atoms with Crippen LogP contribution in [0.3, 0.4) is 0 Å². The van der Waals surface area contributed by atoms with Crippen LogP contribution in [0.5, 0.6) is 5.75 Å². The fourth-order valence-electron chi connectivity index (χ4n) is 1.51. The number of carbonyl (C=O) groups excluding carboxylic acids is 1. The molecule has 0 radical (unpaired) electrons. The number of rotatable bonds is 5. The normalized spacial score (nSPS) is 12.2. The van der Waals surface area contributed by atoms with Gasteiger partial charge in [-0.15, -0.1) is 12.4 Å². The summed E-state index contributed by atoms with van der Waals surface area (Å²) < 4.78 is 31.7. The average molecular weight is 327 g/mol. The number of nitro benzene ring substituents is 1. The molecule has 0 amide bonds. The van der Waals surface area contributed by atoms with Crippen molar-refractivity contribution in [1.29, 1.82) is 0 Å². The van der Waals surface area contributed by atoms with E-state index in [0.717, 1.165) is 18.2 Å². The first kappa shape index (κ1) is 19.0. The zero-order valence-corrected chi connectivity index (χ0v) is 11.6. The van der Waals surface area contributed by atoms with Crippen molar-refractivity contribution >= 4 is 24.1 Å². The summed E-state index contributed by atoms with van der Waals surface area (Å²) in [5.74, 6) is -6.53. The second kappa shape index (κ2) is 7.14.